The van der Waals surface area contributed by atoms with Crippen LogP contribution in [0.1, 0.15) is 11.6 Å². The Bertz CT molecular complexity index is 257. The van der Waals surface area contributed by atoms with Crippen LogP contribution in [-0.2, 0) is 0 Å². The molecule has 3 heteroatoms. The summed E-state index contributed by atoms with van der Waals surface area (Å²) in [5.41, 5.74) is 1.09. The van der Waals surface area contributed by atoms with Crippen molar-refractivity contribution in [3.63, 3.8) is 0 Å². The number of hydrogen-bond donors (Lipinski definition) is 1. The van der Waals surface area contributed by atoms with Gasteiger partial charge >= 0.3 is 0 Å². The minimum absolute atomic E-state index is 0.196. The van der Waals surface area contributed by atoms with Crippen molar-refractivity contribution in [2.75, 3.05) is 6.54 Å². The number of hydrogen-bond acceptors (Lipinski definition) is 2. The number of halogens is 1. The molecule has 1 saturated heterocycles. The van der Waals surface area contributed by atoms with Gasteiger partial charge in [0, 0.05) is 6.54 Å². The molecular formula is C8H9FN2. The van der Waals surface area contributed by atoms with Crippen molar-refractivity contribution in [1.82, 2.24) is 5.01 Å². The average molecular weight is 152 g/mol. The number of benzene rings is 1. The molecule has 1 aliphatic rings. The van der Waals surface area contributed by atoms with Crippen molar-refractivity contribution in [2.24, 2.45) is 5.84 Å². The maximum Gasteiger partial charge on any atom is 0.123 e. The van der Waals surface area contributed by atoms with Crippen LogP contribution in [0.15, 0.2) is 24.3 Å². The average Bonchev–Trinajstić information content (AvgIpc) is 2.69. The third kappa shape index (κ3) is 1.25. The van der Waals surface area contributed by atoms with Gasteiger partial charge in [0.05, 0.1) is 6.04 Å². The molecule has 0 amide bonds. The van der Waals surface area contributed by atoms with E-state index < -0.39 is 0 Å². The first-order chi connectivity index (χ1) is 5.27. The van der Waals surface area contributed by atoms with Crippen LogP contribution in [0, 0.1) is 5.82 Å². The van der Waals surface area contributed by atoms with Gasteiger partial charge in [0.25, 0.3) is 0 Å². The van der Waals surface area contributed by atoms with E-state index in [9.17, 15) is 4.39 Å². The molecule has 0 aromatic heterocycles. The van der Waals surface area contributed by atoms with Crippen molar-refractivity contribution < 1.29 is 4.39 Å². The van der Waals surface area contributed by atoms with E-state index in [0.717, 1.165) is 12.1 Å². The molecule has 2 N–H and O–H groups in total. The Morgan fingerprint density at radius 2 is 1.91 bits per heavy atom. The van der Waals surface area contributed by atoms with E-state index in [2.05, 4.69) is 0 Å². The fraction of sp³-hybridized carbons (Fsp3) is 0.250. The lowest BCUT2D eigenvalue weighted by atomic mass is 10.2. The van der Waals surface area contributed by atoms with Crippen molar-refractivity contribution in [3.05, 3.63) is 35.6 Å². The second-order valence-corrected chi connectivity index (χ2v) is 2.76. The quantitative estimate of drug-likeness (QED) is 0.481. The predicted octanol–water partition coefficient (Wildman–Crippen LogP) is 1.06. The monoisotopic (exact) mass is 152 g/mol. The van der Waals surface area contributed by atoms with Crippen molar-refractivity contribution >= 4 is 0 Å². The lowest BCUT2D eigenvalue weighted by Gasteiger charge is -1.96. The molecule has 2 rings (SSSR count). The highest BCUT2D eigenvalue weighted by molar-refractivity contribution is 5.23. The second kappa shape index (κ2) is 2.29. The van der Waals surface area contributed by atoms with Gasteiger partial charge in [-0.25, -0.2) is 9.40 Å². The molecule has 0 saturated carbocycles. The minimum Gasteiger partial charge on any atom is -0.268 e. The smallest absolute Gasteiger partial charge is 0.123 e. The minimum atomic E-state index is -0.196. The molecule has 0 radical (unpaired) electrons. The zero-order chi connectivity index (χ0) is 7.84. The molecule has 1 aromatic rings. The van der Waals surface area contributed by atoms with Crippen LogP contribution in [0.4, 0.5) is 4.39 Å². The summed E-state index contributed by atoms with van der Waals surface area (Å²) in [6.45, 7) is 0.881. The number of rotatable bonds is 1. The topological polar surface area (TPSA) is 29.0 Å². The summed E-state index contributed by atoms with van der Waals surface area (Å²) in [6, 6.07) is 6.78. The van der Waals surface area contributed by atoms with E-state index in [0.29, 0.717) is 6.04 Å². The van der Waals surface area contributed by atoms with Gasteiger partial charge < -0.3 is 0 Å². The Morgan fingerprint density at radius 1 is 1.36 bits per heavy atom. The van der Waals surface area contributed by atoms with Gasteiger partial charge in [-0.2, -0.15) is 0 Å². The Morgan fingerprint density at radius 3 is 2.36 bits per heavy atom. The van der Waals surface area contributed by atoms with E-state index in [1.54, 1.807) is 17.1 Å². The van der Waals surface area contributed by atoms with Crippen LogP contribution < -0.4 is 5.84 Å². The predicted molar refractivity (Wildman–Crippen MR) is 40.0 cm³/mol. The van der Waals surface area contributed by atoms with Crippen LogP contribution in [-0.4, -0.2) is 11.6 Å². The summed E-state index contributed by atoms with van der Waals surface area (Å²) >= 11 is 0. The molecule has 0 aliphatic carbocycles. The van der Waals surface area contributed by atoms with Gasteiger partial charge in [-0.05, 0) is 17.7 Å². The van der Waals surface area contributed by atoms with Crippen molar-refractivity contribution in [3.8, 4) is 0 Å². The molecule has 58 valence electrons. The van der Waals surface area contributed by atoms with Crippen molar-refractivity contribution in [1.29, 1.82) is 0 Å². The first-order valence-electron chi connectivity index (χ1n) is 3.54. The molecule has 0 bridgehead atoms. The standard InChI is InChI=1S/C8H9FN2/c9-7-3-1-6(2-4-7)8-5-11(8)10/h1-4,8H,5,10H2. The molecule has 2 unspecified atom stereocenters. The van der Waals surface area contributed by atoms with Crippen LogP contribution in [0.2, 0.25) is 0 Å². The van der Waals surface area contributed by atoms with E-state index in [1.807, 2.05) is 0 Å². The highest BCUT2D eigenvalue weighted by Gasteiger charge is 2.31. The molecule has 1 aromatic carbocycles. The molecule has 0 spiro atoms. The van der Waals surface area contributed by atoms with E-state index >= 15 is 0 Å². The van der Waals surface area contributed by atoms with E-state index in [1.165, 1.54) is 12.1 Å². The molecule has 11 heavy (non-hydrogen) atoms. The molecule has 1 heterocycles. The van der Waals surface area contributed by atoms with Gasteiger partial charge in [0.1, 0.15) is 5.82 Å². The molecular weight excluding hydrogens is 143 g/mol. The third-order valence-electron chi connectivity index (χ3n) is 1.91. The fourth-order valence-corrected chi connectivity index (χ4v) is 1.13. The summed E-state index contributed by atoms with van der Waals surface area (Å²) in [4.78, 5) is 0. The van der Waals surface area contributed by atoms with Gasteiger partial charge in [-0.15, -0.1) is 0 Å². The summed E-state index contributed by atoms with van der Waals surface area (Å²) in [5.74, 6) is 5.28. The van der Waals surface area contributed by atoms with Crippen LogP contribution in [0.5, 0.6) is 0 Å². The first kappa shape index (κ1) is 6.76. The largest absolute Gasteiger partial charge is 0.268 e. The van der Waals surface area contributed by atoms with Gasteiger partial charge in [-0.3, -0.25) is 5.84 Å². The second-order valence-electron chi connectivity index (χ2n) is 2.76. The zero-order valence-electron chi connectivity index (χ0n) is 6.00. The van der Waals surface area contributed by atoms with Crippen LogP contribution in [0.25, 0.3) is 0 Å². The lowest BCUT2D eigenvalue weighted by molar-refractivity contribution is 0.547. The Hall–Kier alpha value is -0.930. The van der Waals surface area contributed by atoms with Crippen LogP contribution in [0.3, 0.4) is 0 Å². The summed E-state index contributed by atoms with van der Waals surface area (Å²) in [6.07, 6.45) is 0. The number of nitrogens with zero attached hydrogens (tertiary/aromatic N) is 1. The molecule has 2 atom stereocenters. The maximum atomic E-state index is 12.4. The SMILES string of the molecule is NN1CC1c1ccc(F)cc1. The van der Waals surface area contributed by atoms with Crippen molar-refractivity contribution in [2.45, 2.75) is 6.04 Å². The highest BCUT2D eigenvalue weighted by atomic mass is 19.1. The maximum absolute atomic E-state index is 12.4. The van der Waals surface area contributed by atoms with E-state index in [-0.39, 0.29) is 5.82 Å². The fourth-order valence-electron chi connectivity index (χ4n) is 1.13. The van der Waals surface area contributed by atoms with Gasteiger partial charge in [0.15, 0.2) is 0 Å². The Kier molecular flexibility index (Phi) is 1.41. The molecule has 2 nitrogen and oxygen atoms in total. The Balaban J connectivity index is 2.21. The van der Waals surface area contributed by atoms with E-state index in [4.69, 9.17) is 5.84 Å². The summed E-state index contributed by atoms with van der Waals surface area (Å²) in [7, 11) is 0. The molecule has 1 aliphatic heterocycles. The van der Waals surface area contributed by atoms with Gasteiger partial charge in [-0.1, -0.05) is 12.1 Å². The normalized spacial score (nSPS) is 28.5. The zero-order valence-corrected chi connectivity index (χ0v) is 6.00. The summed E-state index contributed by atoms with van der Waals surface area (Å²) < 4.78 is 12.4. The van der Waals surface area contributed by atoms with Crippen LogP contribution >= 0.6 is 0 Å². The number of nitrogens with two attached hydrogens (primary N) is 1. The van der Waals surface area contributed by atoms with Gasteiger partial charge in [0.2, 0.25) is 0 Å². The number of hydrazine groups is 1. The third-order valence-corrected chi connectivity index (χ3v) is 1.91. The first-order valence-corrected chi connectivity index (χ1v) is 3.54. The summed E-state index contributed by atoms with van der Waals surface area (Å²) in [5, 5.41) is 1.72. The lowest BCUT2D eigenvalue weighted by Crippen LogP contribution is -2.05. The highest BCUT2D eigenvalue weighted by Crippen LogP contribution is 2.30. The molecule has 1 fully saturated rings. The Labute approximate surface area is 64.4 Å².